The predicted molar refractivity (Wildman–Crippen MR) is 88.3 cm³/mol. The molecule has 19 heavy (non-hydrogen) atoms. The number of hydrogen-bond donors (Lipinski definition) is 1. The Labute approximate surface area is 127 Å². The van der Waals surface area contributed by atoms with Crippen molar-refractivity contribution in [2.24, 2.45) is 5.92 Å². The maximum Gasteiger partial charge on any atom is 0.0545 e. The molecule has 0 spiro atoms. The van der Waals surface area contributed by atoms with Gasteiger partial charge in [-0.15, -0.1) is 11.8 Å². The van der Waals surface area contributed by atoms with Crippen molar-refractivity contribution in [3.05, 3.63) is 28.8 Å². The van der Waals surface area contributed by atoms with Crippen LogP contribution in [0.1, 0.15) is 52.6 Å². The van der Waals surface area contributed by atoms with Crippen LogP contribution in [0, 0.1) is 5.92 Å². The topological polar surface area (TPSA) is 12.0 Å². The van der Waals surface area contributed by atoms with Gasteiger partial charge in [0.15, 0.2) is 0 Å². The van der Waals surface area contributed by atoms with Gasteiger partial charge in [0, 0.05) is 16.2 Å². The summed E-state index contributed by atoms with van der Waals surface area (Å²) < 4.78 is 0. The van der Waals surface area contributed by atoms with E-state index in [1.54, 1.807) is 0 Å². The van der Waals surface area contributed by atoms with Crippen LogP contribution in [0.15, 0.2) is 23.1 Å². The fourth-order valence-electron chi connectivity index (χ4n) is 1.70. The van der Waals surface area contributed by atoms with Gasteiger partial charge in [0.2, 0.25) is 0 Å². The molecule has 3 heteroatoms. The Morgan fingerprint density at radius 1 is 1.21 bits per heavy atom. The minimum absolute atomic E-state index is 0.360. The molecule has 1 aromatic carbocycles. The fraction of sp³-hybridized carbons (Fsp3) is 0.625. The van der Waals surface area contributed by atoms with Crippen LogP contribution in [0.5, 0.6) is 0 Å². The predicted octanol–water partition coefficient (Wildman–Crippen LogP) is 5.54. The van der Waals surface area contributed by atoms with Gasteiger partial charge in [-0.2, -0.15) is 0 Å². The van der Waals surface area contributed by atoms with Gasteiger partial charge in [0.05, 0.1) is 5.02 Å². The Balaban J connectivity index is 2.74. The van der Waals surface area contributed by atoms with Crippen molar-refractivity contribution in [2.45, 2.75) is 57.2 Å². The molecule has 0 aromatic heterocycles. The van der Waals surface area contributed by atoms with Crippen molar-refractivity contribution in [3.63, 3.8) is 0 Å². The molecular weight excluding hydrogens is 274 g/mol. The van der Waals surface area contributed by atoms with Gasteiger partial charge in [-0.1, -0.05) is 45.4 Å². The van der Waals surface area contributed by atoms with Gasteiger partial charge in [0.25, 0.3) is 0 Å². The summed E-state index contributed by atoms with van der Waals surface area (Å²) in [6, 6.07) is 6.81. The fourth-order valence-corrected chi connectivity index (χ4v) is 3.01. The Kier molecular flexibility index (Phi) is 7.27. The quantitative estimate of drug-likeness (QED) is 0.664. The highest BCUT2D eigenvalue weighted by atomic mass is 35.5. The zero-order valence-corrected chi connectivity index (χ0v) is 14.2. The molecule has 2 atom stereocenters. The maximum absolute atomic E-state index is 6.41. The lowest BCUT2D eigenvalue weighted by Gasteiger charge is -2.18. The number of halogens is 1. The highest BCUT2D eigenvalue weighted by molar-refractivity contribution is 8.00. The first-order valence-electron chi connectivity index (χ1n) is 7.15. The second kappa shape index (κ2) is 8.18. The first-order valence-corrected chi connectivity index (χ1v) is 8.41. The van der Waals surface area contributed by atoms with Gasteiger partial charge >= 0.3 is 0 Å². The highest BCUT2D eigenvalue weighted by Gasteiger charge is 2.13. The second-order valence-electron chi connectivity index (χ2n) is 5.43. The molecule has 0 bridgehead atoms. The smallest absolute Gasteiger partial charge is 0.0545 e. The van der Waals surface area contributed by atoms with Crippen LogP contribution in [0.2, 0.25) is 5.02 Å². The van der Waals surface area contributed by atoms with Crippen LogP contribution in [0.4, 0.5) is 0 Å². The van der Waals surface area contributed by atoms with Crippen molar-refractivity contribution in [1.29, 1.82) is 0 Å². The number of rotatable bonds is 7. The van der Waals surface area contributed by atoms with E-state index in [0.717, 1.165) is 18.0 Å². The Morgan fingerprint density at radius 3 is 2.42 bits per heavy atom. The molecule has 0 heterocycles. The number of hydrogen-bond acceptors (Lipinski definition) is 2. The molecule has 108 valence electrons. The summed E-state index contributed by atoms with van der Waals surface area (Å²) in [4.78, 5) is 1.19. The summed E-state index contributed by atoms with van der Waals surface area (Å²) in [5.41, 5.74) is 1.26. The van der Waals surface area contributed by atoms with Gasteiger partial charge in [-0.25, -0.2) is 0 Å². The molecule has 0 aliphatic heterocycles. The first kappa shape index (κ1) is 16.9. The Hall–Kier alpha value is -0.180. The van der Waals surface area contributed by atoms with Gasteiger partial charge < -0.3 is 5.32 Å². The molecule has 1 nitrogen and oxygen atoms in total. The third-order valence-electron chi connectivity index (χ3n) is 3.41. The minimum atomic E-state index is 0.360. The second-order valence-corrected chi connectivity index (χ2v) is 7.26. The summed E-state index contributed by atoms with van der Waals surface area (Å²) in [7, 11) is 0. The van der Waals surface area contributed by atoms with Gasteiger partial charge in [0.1, 0.15) is 0 Å². The molecule has 0 saturated carbocycles. The minimum Gasteiger partial charge on any atom is -0.310 e. The van der Waals surface area contributed by atoms with Crippen molar-refractivity contribution in [2.75, 3.05) is 6.54 Å². The van der Waals surface area contributed by atoms with E-state index in [0.29, 0.717) is 17.2 Å². The molecule has 1 N–H and O–H groups in total. The molecule has 0 amide bonds. The summed E-state index contributed by atoms with van der Waals surface area (Å²) in [6.45, 7) is 12.2. The van der Waals surface area contributed by atoms with Crippen LogP contribution in [0.3, 0.4) is 0 Å². The van der Waals surface area contributed by atoms with E-state index in [9.17, 15) is 0 Å². The molecule has 2 unspecified atom stereocenters. The summed E-state index contributed by atoms with van der Waals surface area (Å²) >= 11 is 8.27. The Morgan fingerprint density at radius 2 is 1.89 bits per heavy atom. The van der Waals surface area contributed by atoms with Crippen LogP contribution < -0.4 is 5.32 Å². The van der Waals surface area contributed by atoms with Crippen LogP contribution in [0.25, 0.3) is 0 Å². The standard InChI is InChI=1S/C16H26ClNS/c1-6-9-18-12(4)14-7-8-16(15(17)10-14)19-13(5)11(2)3/h7-8,10-13,18H,6,9H2,1-5H3. The number of thioether (sulfide) groups is 1. The first-order chi connectivity index (χ1) is 8.95. The van der Waals surface area contributed by atoms with Crippen molar-refractivity contribution < 1.29 is 0 Å². The Bertz CT molecular complexity index is 392. The summed E-state index contributed by atoms with van der Waals surface area (Å²) in [5.74, 6) is 0.658. The third kappa shape index (κ3) is 5.37. The normalized spacial score (nSPS) is 14.7. The van der Waals surface area contributed by atoms with E-state index in [1.165, 1.54) is 10.5 Å². The average molecular weight is 300 g/mol. The van der Waals surface area contributed by atoms with Gasteiger partial charge in [-0.05, 0) is 43.5 Å². The van der Waals surface area contributed by atoms with Crippen LogP contribution in [-0.2, 0) is 0 Å². The lowest BCUT2D eigenvalue weighted by molar-refractivity contribution is 0.570. The van der Waals surface area contributed by atoms with E-state index in [4.69, 9.17) is 11.6 Å². The van der Waals surface area contributed by atoms with Gasteiger partial charge in [-0.3, -0.25) is 0 Å². The SMILES string of the molecule is CCCNC(C)c1ccc(SC(C)C(C)C)c(Cl)c1. The van der Waals surface area contributed by atoms with Crippen LogP contribution >= 0.6 is 23.4 Å². The lowest BCUT2D eigenvalue weighted by Crippen LogP contribution is -2.19. The zero-order valence-electron chi connectivity index (χ0n) is 12.7. The summed E-state index contributed by atoms with van der Waals surface area (Å²) in [6.07, 6.45) is 1.15. The summed E-state index contributed by atoms with van der Waals surface area (Å²) in [5, 5.41) is 4.95. The number of nitrogens with one attached hydrogen (secondary N) is 1. The molecule has 1 rings (SSSR count). The van der Waals surface area contributed by atoms with Crippen molar-refractivity contribution >= 4 is 23.4 Å². The van der Waals surface area contributed by atoms with Crippen LogP contribution in [-0.4, -0.2) is 11.8 Å². The highest BCUT2D eigenvalue weighted by Crippen LogP contribution is 2.34. The largest absolute Gasteiger partial charge is 0.310 e. The van der Waals surface area contributed by atoms with E-state index in [1.807, 2.05) is 11.8 Å². The lowest BCUT2D eigenvalue weighted by atomic mass is 10.1. The molecule has 0 saturated heterocycles. The van der Waals surface area contributed by atoms with Crippen molar-refractivity contribution in [1.82, 2.24) is 5.32 Å². The third-order valence-corrected chi connectivity index (χ3v) is 5.36. The molecule has 0 aliphatic carbocycles. The molecule has 0 fully saturated rings. The van der Waals surface area contributed by atoms with E-state index >= 15 is 0 Å². The van der Waals surface area contributed by atoms with E-state index in [-0.39, 0.29) is 0 Å². The molecule has 0 aliphatic rings. The van der Waals surface area contributed by atoms with E-state index < -0.39 is 0 Å². The molecular formula is C16H26ClNS. The molecule has 0 radical (unpaired) electrons. The number of benzene rings is 1. The average Bonchev–Trinajstić information content (AvgIpc) is 2.37. The van der Waals surface area contributed by atoms with Crippen molar-refractivity contribution in [3.8, 4) is 0 Å². The monoisotopic (exact) mass is 299 g/mol. The molecule has 1 aromatic rings. The maximum atomic E-state index is 6.41. The zero-order chi connectivity index (χ0) is 14.4. The van der Waals surface area contributed by atoms with E-state index in [2.05, 4.69) is 58.1 Å².